The van der Waals surface area contributed by atoms with Gasteiger partial charge in [0.15, 0.2) is 0 Å². The van der Waals surface area contributed by atoms with Crippen LogP contribution in [0, 0.1) is 11.8 Å². The van der Waals surface area contributed by atoms with Gasteiger partial charge in [0, 0.05) is 83.2 Å². The van der Waals surface area contributed by atoms with Crippen LogP contribution in [-0.2, 0) is 9.59 Å². The van der Waals surface area contributed by atoms with Crippen molar-refractivity contribution >= 4 is 83.9 Å². The highest BCUT2D eigenvalue weighted by Crippen LogP contribution is 2.35. The molecule has 6 heterocycles. The standard InChI is InChI=1S/C24H21N3O2.C15H15BrN2O2.C9H8BNO2/c1-15(19-13-24(28)27-14-19)29-23-12-18(11-22-20(23)5-3-9-26-22)16-6-7-21-17(10-16)4-2-8-25-21;1-9(10-5-15(19)18-8-10)20-14-7-11(16)6-13-12(14)3-2-4-17-13;12-10(13)8-3-4-9-7(6-8)2-1-5-11-9/h2-12,15,19H,13-14H2,1H3,(H,27,28);2-4,6-7,9-10H,5,8H2,1H3,(H,18,19);1-6,12-13H/t15-,19-;9-,10-;/m11./s1. The first-order chi connectivity index (χ1) is 30.1. The molecule has 4 atom stereocenters. The third kappa shape index (κ3) is 10.00. The number of pyridine rings is 4. The predicted octanol–water partition coefficient (Wildman–Crippen LogP) is 7.17. The van der Waals surface area contributed by atoms with Crippen LogP contribution >= 0.6 is 15.9 Å². The fraction of sp³-hybridized carbons (Fsp3) is 0.208. The number of ether oxygens (including phenoxy) is 2. The third-order valence-electron chi connectivity index (χ3n) is 11.2. The van der Waals surface area contributed by atoms with Gasteiger partial charge in [0.1, 0.15) is 23.7 Å². The van der Waals surface area contributed by atoms with Gasteiger partial charge in [-0.15, -0.1) is 0 Å². The van der Waals surface area contributed by atoms with Crippen molar-refractivity contribution in [3.63, 3.8) is 0 Å². The Morgan fingerprint density at radius 3 is 1.65 bits per heavy atom. The van der Waals surface area contributed by atoms with E-state index in [0.717, 1.165) is 70.7 Å². The lowest BCUT2D eigenvalue weighted by atomic mass is 9.80. The Hall–Kier alpha value is -6.48. The number of hydrogen-bond donors (Lipinski definition) is 4. The van der Waals surface area contributed by atoms with E-state index in [1.807, 2.05) is 74.5 Å². The van der Waals surface area contributed by atoms with Gasteiger partial charge < -0.3 is 30.2 Å². The second kappa shape index (κ2) is 19.1. The van der Waals surface area contributed by atoms with Crippen molar-refractivity contribution in [3.05, 3.63) is 138 Å². The molecule has 312 valence electrons. The summed E-state index contributed by atoms with van der Waals surface area (Å²) in [5.74, 6) is 2.18. The lowest BCUT2D eigenvalue weighted by molar-refractivity contribution is -0.120. The molecular weight excluding hydrogens is 847 g/mol. The second-order valence-corrected chi connectivity index (χ2v) is 16.4. The van der Waals surface area contributed by atoms with Crippen molar-refractivity contribution in [2.45, 2.75) is 38.9 Å². The highest BCUT2D eigenvalue weighted by Gasteiger charge is 2.29. The van der Waals surface area contributed by atoms with Crippen LogP contribution in [0.5, 0.6) is 11.5 Å². The first kappa shape index (κ1) is 42.2. The van der Waals surface area contributed by atoms with Crippen molar-refractivity contribution in [1.29, 1.82) is 0 Å². The fourth-order valence-electron chi connectivity index (χ4n) is 7.65. The average Bonchev–Trinajstić information content (AvgIpc) is 3.94. The maximum absolute atomic E-state index is 11.6. The minimum absolute atomic E-state index is 0.0216. The van der Waals surface area contributed by atoms with Gasteiger partial charge in [-0.2, -0.15) is 0 Å². The number of carbonyl (C=O) groups excluding carboxylic acids is 2. The van der Waals surface area contributed by atoms with Gasteiger partial charge in [-0.25, -0.2) is 0 Å². The molecule has 2 aliphatic rings. The molecule has 0 aliphatic carbocycles. The Balaban J connectivity index is 0.000000139. The SMILES string of the molecule is C[C@@H](Oc1cc(-c2ccc3ncccc3c2)cc2ncccc12)[C@H]1CNC(=O)C1.C[C@@H](Oc1cc(Br)cc2ncccc12)[C@H]1CNC(=O)C1.OB(O)c1ccc2ncccc2c1. The lowest BCUT2D eigenvalue weighted by Gasteiger charge is -2.21. The Kier molecular flexibility index (Phi) is 13.0. The topological polar surface area (TPSA) is 169 Å². The van der Waals surface area contributed by atoms with E-state index in [9.17, 15) is 9.59 Å². The van der Waals surface area contributed by atoms with Gasteiger partial charge in [0.25, 0.3) is 0 Å². The van der Waals surface area contributed by atoms with E-state index < -0.39 is 7.12 Å². The molecule has 2 aliphatic heterocycles. The van der Waals surface area contributed by atoms with Gasteiger partial charge in [0.2, 0.25) is 11.8 Å². The molecule has 62 heavy (non-hydrogen) atoms. The average molecular weight is 892 g/mol. The highest BCUT2D eigenvalue weighted by atomic mass is 79.9. The molecular formula is C48H44BBrN6O6. The molecule has 2 saturated heterocycles. The molecule has 0 saturated carbocycles. The van der Waals surface area contributed by atoms with Crippen LogP contribution in [0.1, 0.15) is 26.7 Å². The van der Waals surface area contributed by atoms with Crippen molar-refractivity contribution in [3.8, 4) is 22.6 Å². The van der Waals surface area contributed by atoms with Crippen molar-refractivity contribution in [2.75, 3.05) is 13.1 Å². The summed E-state index contributed by atoms with van der Waals surface area (Å²) in [6.45, 7) is 5.38. The molecule has 0 spiro atoms. The van der Waals surface area contributed by atoms with E-state index in [-0.39, 0.29) is 35.9 Å². The molecule has 4 aromatic carbocycles. The summed E-state index contributed by atoms with van der Waals surface area (Å²) in [6.07, 6.45) is 8.01. The molecule has 2 amide bonds. The maximum atomic E-state index is 11.6. The summed E-state index contributed by atoms with van der Waals surface area (Å²) >= 11 is 3.48. The zero-order chi connectivity index (χ0) is 43.2. The van der Waals surface area contributed by atoms with Crippen LogP contribution in [0.15, 0.2) is 138 Å². The smallest absolute Gasteiger partial charge is 0.488 e. The second-order valence-electron chi connectivity index (χ2n) is 15.4. The number of nitrogens with zero attached hydrogens (tertiary/aromatic N) is 4. The van der Waals surface area contributed by atoms with E-state index in [0.29, 0.717) is 31.4 Å². The van der Waals surface area contributed by atoms with E-state index >= 15 is 0 Å². The van der Waals surface area contributed by atoms with E-state index in [1.54, 1.807) is 43.0 Å². The van der Waals surface area contributed by atoms with Gasteiger partial charge in [-0.1, -0.05) is 46.3 Å². The lowest BCUT2D eigenvalue weighted by Crippen LogP contribution is -2.29. The van der Waals surface area contributed by atoms with Crippen LogP contribution < -0.4 is 25.6 Å². The minimum atomic E-state index is -1.41. The number of aromatic nitrogens is 4. The molecule has 2 fully saturated rings. The zero-order valence-corrected chi connectivity index (χ0v) is 35.7. The molecule has 0 radical (unpaired) electrons. The summed E-state index contributed by atoms with van der Waals surface area (Å²) in [6, 6.07) is 35.0. The predicted molar refractivity (Wildman–Crippen MR) is 246 cm³/mol. The third-order valence-corrected chi connectivity index (χ3v) is 11.6. The largest absolute Gasteiger partial charge is 0.490 e. The normalized spacial score (nSPS) is 16.7. The number of halogens is 1. The summed E-state index contributed by atoms with van der Waals surface area (Å²) in [7, 11) is -1.41. The summed E-state index contributed by atoms with van der Waals surface area (Å²) in [5.41, 5.74) is 6.23. The minimum Gasteiger partial charge on any atom is -0.490 e. The molecule has 14 heteroatoms. The monoisotopic (exact) mass is 890 g/mol. The number of amides is 2. The summed E-state index contributed by atoms with van der Waals surface area (Å²) in [4.78, 5) is 40.3. The summed E-state index contributed by atoms with van der Waals surface area (Å²) < 4.78 is 13.4. The van der Waals surface area contributed by atoms with E-state index in [1.165, 1.54) is 0 Å². The van der Waals surface area contributed by atoms with Crippen molar-refractivity contribution in [2.24, 2.45) is 11.8 Å². The molecule has 0 unspecified atom stereocenters. The number of fused-ring (bicyclic) bond motifs is 4. The Morgan fingerprint density at radius 2 is 1.10 bits per heavy atom. The molecule has 12 nitrogen and oxygen atoms in total. The van der Waals surface area contributed by atoms with Gasteiger partial charge in [-0.3, -0.25) is 29.5 Å². The molecule has 8 aromatic rings. The number of benzene rings is 4. The number of nitrogens with one attached hydrogen (secondary N) is 2. The summed E-state index contributed by atoms with van der Waals surface area (Å²) in [5, 5.41) is 27.5. The number of hydrogen-bond acceptors (Lipinski definition) is 10. The fourth-order valence-corrected chi connectivity index (χ4v) is 8.07. The first-order valence-electron chi connectivity index (χ1n) is 20.4. The van der Waals surface area contributed by atoms with Crippen LogP contribution in [0.4, 0.5) is 0 Å². The quantitative estimate of drug-likeness (QED) is 0.115. The van der Waals surface area contributed by atoms with Crippen LogP contribution in [-0.4, -0.2) is 74.2 Å². The molecule has 10 rings (SSSR count). The molecule has 4 aromatic heterocycles. The van der Waals surface area contributed by atoms with Gasteiger partial charge in [0.05, 0.1) is 22.1 Å². The van der Waals surface area contributed by atoms with Gasteiger partial charge >= 0.3 is 7.12 Å². The van der Waals surface area contributed by atoms with Crippen molar-refractivity contribution in [1.82, 2.24) is 30.6 Å². The Labute approximate surface area is 367 Å². The zero-order valence-electron chi connectivity index (χ0n) is 34.1. The van der Waals surface area contributed by atoms with E-state index in [2.05, 4.69) is 76.8 Å². The van der Waals surface area contributed by atoms with Crippen LogP contribution in [0.2, 0.25) is 0 Å². The molecule has 0 bridgehead atoms. The number of carbonyl (C=O) groups is 2. The molecule has 4 N–H and O–H groups in total. The number of rotatable bonds is 8. The maximum Gasteiger partial charge on any atom is 0.488 e. The van der Waals surface area contributed by atoms with Crippen molar-refractivity contribution < 1.29 is 29.1 Å². The first-order valence-corrected chi connectivity index (χ1v) is 21.2. The highest BCUT2D eigenvalue weighted by molar-refractivity contribution is 9.10. The Morgan fingerprint density at radius 1 is 0.597 bits per heavy atom. The van der Waals surface area contributed by atoms with Crippen LogP contribution in [0.3, 0.4) is 0 Å². The van der Waals surface area contributed by atoms with Gasteiger partial charge in [-0.05, 0) is 115 Å². The Bertz CT molecular complexity index is 2900. The van der Waals surface area contributed by atoms with Crippen LogP contribution in [0.25, 0.3) is 54.7 Å². The van der Waals surface area contributed by atoms with E-state index in [4.69, 9.17) is 19.5 Å².